The van der Waals surface area contributed by atoms with Crippen LogP contribution in [-0.2, 0) is 10.0 Å². The van der Waals surface area contributed by atoms with Gasteiger partial charge in [-0.05, 0) is 26.0 Å². The van der Waals surface area contributed by atoms with Crippen LogP contribution in [0.15, 0.2) is 40.3 Å². The van der Waals surface area contributed by atoms with E-state index in [-0.39, 0.29) is 4.90 Å². The van der Waals surface area contributed by atoms with Crippen LogP contribution in [0, 0.1) is 0 Å². The monoisotopic (exact) mass is 295 g/mol. The second kappa shape index (κ2) is 6.37. The van der Waals surface area contributed by atoms with Gasteiger partial charge in [-0.15, -0.1) is 0 Å². The number of hydrogen-bond acceptors (Lipinski definition) is 4. The Kier molecular flexibility index (Phi) is 4.77. The predicted octanol–water partition coefficient (Wildman–Crippen LogP) is 1.83. The summed E-state index contributed by atoms with van der Waals surface area (Å²) in [5.74, 6) is 0. The van der Waals surface area contributed by atoms with Gasteiger partial charge in [-0.25, -0.2) is 4.83 Å². The number of sulfonamides is 1. The third-order valence-electron chi connectivity index (χ3n) is 3.48. The highest BCUT2D eigenvalue weighted by atomic mass is 32.2. The summed E-state index contributed by atoms with van der Waals surface area (Å²) in [6, 6.07) is 8.82. The zero-order valence-corrected chi connectivity index (χ0v) is 12.7. The van der Waals surface area contributed by atoms with Crippen LogP contribution >= 0.6 is 0 Å². The maximum atomic E-state index is 12.0. The second-order valence-corrected chi connectivity index (χ2v) is 6.88. The Balaban J connectivity index is 1.97. The fourth-order valence-electron chi connectivity index (χ4n) is 2.19. The molecule has 0 atom stereocenters. The lowest BCUT2D eigenvalue weighted by molar-refractivity contribution is 0.222. The molecule has 0 bridgehead atoms. The van der Waals surface area contributed by atoms with E-state index in [1.165, 1.54) is 0 Å². The fraction of sp³-hybridized carbons (Fsp3) is 0.500. The van der Waals surface area contributed by atoms with Crippen LogP contribution in [0.1, 0.15) is 26.7 Å². The highest BCUT2D eigenvalue weighted by molar-refractivity contribution is 7.89. The van der Waals surface area contributed by atoms with Gasteiger partial charge in [-0.1, -0.05) is 18.2 Å². The average Bonchev–Trinajstić information content (AvgIpc) is 2.46. The number of nitrogens with zero attached hydrogens (tertiary/aromatic N) is 2. The Morgan fingerprint density at radius 1 is 1.15 bits per heavy atom. The summed E-state index contributed by atoms with van der Waals surface area (Å²) in [5, 5.41) is 4.08. The van der Waals surface area contributed by atoms with E-state index in [0.29, 0.717) is 6.04 Å². The van der Waals surface area contributed by atoms with Crippen molar-refractivity contribution in [3.8, 4) is 0 Å². The van der Waals surface area contributed by atoms with Gasteiger partial charge in [-0.2, -0.15) is 13.5 Å². The van der Waals surface area contributed by atoms with Gasteiger partial charge < -0.3 is 4.90 Å². The maximum Gasteiger partial charge on any atom is 0.276 e. The molecule has 0 saturated carbocycles. The van der Waals surface area contributed by atoms with E-state index in [1.807, 2.05) is 0 Å². The number of hydrazone groups is 1. The van der Waals surface area contributed by atoms with E-state index in [9.17, 15) is 8.42 Å². The summed E-state index contributed by atoms with van der Waals surface area (Å²) >= 11 is 0. The normalized spacial score (nSPS) is 17.2. The number of nitrogens with one attached hydrogen (secondary N) is 1. The molecule has 0 spiro atoms. The van der Waals surface area contributed by atoms with Crippen molar-refractivity contribution in [2.75, 3.05) is 13.1 Å². The SMILES string of the molecule is CC(C)N1CCC(=NNS(=O)(=O)c2ccccc2)CC1. The molecular formula is C14H21N3O2S. The summed E-state index contributed by atoms with van der Waals surface area (Å²) in [5.41, 5.74) is 0.918. The lowest BCUT2D eigenvalue weighted by atomic mass is 10.1. The van der Waals surface area contributed by atoms with Crippen LogP contribution < -0.4 is 4.83 Å². The molecule has 0 unspecified atom stereocenters. The Bertz CT molecular complexity index is 557. The standard InChI is InChI=1S/C14H21N3O2S/c1-12(2)17-10-8-13(9-11-17)15-16-20(18,19)14-6-4-3-5-7-14/h3-7,12,16H,8-11H2,1-2H3. The van der Waals surface area contributed by atoms with Crippen LogP contribution in [-0.4, -0.2) is 38.2 Å². The molecule has 110 valence electrons. The van der Waals surface area contributed by atoms with Crippen molar-refractivity contribution in [2.24, 2.45) is 5.10 Å². The number of rotatable bonds is 4. The van der Waals surface area contributed by atoms with Gasteiger partial charge in [0.15, 0.2) is 0 Å². The van der Waals surface area contributed by atoms with Gasteiger partial charge in [0.25, 0.3) is 10.0 Å². The molecule has 0 aromatic heterocycles. The molecule has 1 aromatic rings. The van der Waals surface area contributed by atoms with Gasteiger partial charge in [0, 0.05) is 37.7 Å². The Hall–Kier alpha value is -1.40. The van der Waals surface area contributed by atoms with Crippen molar-refractivity contribution in [3.63, 3.8) is 0 Å². The molecule has 1 aliphatic heterocycles. The van der Waals surface area contributed by atoms with E-state index in [1.54, 1.807) is 30.3 Å². The Labute approximate surface area is 120 Å². The minimum absolute atomic E-state index is 0.240. The third-order valence-corrected chi connectivity index (χ3v) is 4.71. The van der Waals surface area contributed by atoms with E-state index in [2.05, 4.69) is 28.7 Å². The first-order valence-electron chi connectivity index (χ1n) is 6.85. The van der Waals surface area contributed by atoms with Gasteiger partial charge in [-0.3, -0.25) is 0 Å². The molecule has 5 nitrogen and oxygen atoms in total. The number of hydrogen-bond donors (Lipinski definition) is 1. The van der Waals surface area contributed by atoms with Gasteiger partial charge in [0.1, 0.15) is 0 Å². The van der Waals surface area contributed by atoms with Crippen molar-refractivity contribution >= 4 is 15.7 Å². The Morgan fingerprint density at radius 3 is 2.30 bits per heavy atom. The quantitative estimate of drug-likeness (QED) is 0.862. The van der Waals surface area contributed by atoms with Crippen molar-refractivity contribution in [2.45, 2.75) is 37.6 Å². The van der Waals surface area contributed by atoms with Gasteiger partial charge in [0.2, 0.25) is 0 Å². The van der Waals surface area contributed by atoms with E-state index in [0.717, 1.165) is 31.6 Å². The predicted molar refractivity (Wildman–Crippen MR) is 80.1 cm³/mol. The molecule has 1 fully saturated rings. The average molecular weight is 295 g/mol. The van der Waals surface area contributed by atoms with Gasteiger partial charge in [0.05, 0.1) is 4.90 Å². The zero-order chi connectivity index (χ0) is 14.6. The highest BCUT2D eigenvalue weighted by Crippen LogP contribution is 2.11. The van der Waals surface area contributed by atoms with Gasteiger partial charge >= 0.3 is 0 Å². The van der Waals surface area contributed by atoms with Crippen molar-refractivity contribution < 1.29 is 8.42 Å². The van der Waals surface area contributed by atoms with Crippen LogP contribution in [0.4, 0.5) is 0 Å². The topological polar surface area (TPSA) is 61.8 Å². The lowest BCUT2D eigenvalue weighted by Crippen LogP contribution is -2.39. The summed E-state index contributed by atoms with van der Waals surface area (Å²) in [7, 11) is -3.54. The second-order valence-electron chi connectivity index (χ2n) is 5.22. The summed E-state index contributed by atoms with van der Waals surface area (Å²) < 4.78 is 24.0. The van der Waals surface area contributed by atoms with E-state index >= 15 is 0 Å². The van der Waals surface area contributed by atoms with Crippen LogP contribution in [0.5, 0.6) is 0 Å². The molecule has 0 radical (unpaired) electrons. The zero-order valence-electron chi connectivity index (χ0n) is 11.9. The largest absolute Gasteiger partial charge is 0.300 e. The molecule has 6 heteroatoms. The van der Waals surface area contributed by atoms with Crippen molar-refractivity contribution in [1.82, 2.24) is 9.73 Å². The Morgan fingerprint density at radius 2 is 1.75 bits per heavy atom. The molecule has 1 saturated heterocycles. The van der Waals surface area contributed by atoms with Crippen LogP contribution in [0.2, 0.25) is 0 Å². The molecule has 1 heterocycles. The molecule has 1 aromatic carbocycles. The minimum Gasteiger partial charge on any atom is -0.300 e. The summed E-state index contributed by atoms with van der Waals surface area (Å²) in [4.78, 5) is 4.94. The number of benzene rings is 1. The first-order chi connectivity index (χ1) is 9.49. The summed E-state index contributed by atoms with van der Waals surface area (Å²) in [6.45, 7) is 6.20. The highest BCUT2D eigenvalue weighted by Gasteiger charge is 2.18. The first-order valence-corrected chi connectivity index (χ1v) is 8.34. The number of piperidine rings is 1. The molecule has 1 aliphatic rings. The van der Waals surface area contributed by atoms with E-state index in [4.69, 9.17) is 0 Å². The van der Waals surface area contributed by atoms with Crippen molar-refractivity contribution in [1.29, 1.82) is 0 Å². The third kappa shape index (κ3) is 3.80. The van der Waals surface area contributed by atoms with Crippen molar-refractivity contribution in [3.05, 3.63) is 30.3 Å². The molecule has 2 rings (SSSR count). The molecular weight excluding hydrogens is 274 g/mol. The molecule has 0 aliphatic carbocycles. The minimum atomic E-state index is -3.54. The maximum absolute atomic E-state index is 12.0. The van der Waals surface area contributed by atoms with E-state index < -0.39 is 10.0 Å². The molecule has 20 heavy (non-hydrogen) atoms. The molecule has 0 amide bonds. The van der Waals surface area contributed by atoms with Crippen LogP contribution in [0.3, 0.4) is 0 Å². The van der Waals surface area contributed by atoms with Crippen LogP contribution in [0.25, 0.3) is 0 Å². The number of likely N-dealkylation sites (tertiary alicyclic amines) is 1. The first kappa shape index (κ1) is 15.0. The lowest BCUT2D eigenvalue weighted by Gasteiger charge is -2.30. The molecule has 1 N–H and O–H groups in total. The summed E-state index contributed by atoms with van der Waals surface area (Å²) in [6.07, 6.45) is 1.63. The smallest absolute Gasteiger partial charge is 0.276 e. The fourth-order valence-corrected chi connectivity index (χ4v) is 3.06.